The van der Waals surface area contributed by atoms with E-state index in [1.54, 1.807) is 0 Å². The van der Waals surface area contributed by atoms with Crippen LogP contribution in [0.15, 0.2) is 0 Å². The molecule has 2 aliphatic rings. The minimum atomic E-state index is 0.968. The molecule has 1 N–H and O–H groups in total. The van der Waals surface area contributed by atoms with Crippen molar-refractivity contribution >= 4 is 0 Å². The first-order valence-electron chi connectivity index (χ1n) is 6.48. The normalized spacial score (nSPS) is 45.0. The predicted molar refractivity (Wildman–Crippen MR) is 61.3 cm³/mol. The first-order chi connectivity index (χ1) is 6.77. The van der Waals surface area contributed by atoms with Crippen molar-refractivity contribution in [1.29, 1.82) is 0 Å². The lowest BCUT2D eigenvalue weighted by molar-refractivity contribution is 0.138. The fraction of sp³-hybridized carbons (Fsp3) is 1.00. The van der Waals surface area contributed by atoms with E-state index in [0.29, 0.717) is 0 Å². The highest BCUT2D eigenvalue weighted by molar-refractivity contribution is 4.82. The van der Waals surface area contributed by atoms with E-state index in [0.717, 1.165) is 23.7 Å². The zero-order chi connectivity index (χ0) is 9.97. The second-order valence-corrected chi connectivity index (χ2v) is 5.63. The Kier molecular flexibility index (Phi) is 3.48. The first-order valence-corrected chi connectivity index (χ1v) is 6.48. The van der Waals surface area contributed by atoms with Crippen LogP contribution in [0.3, 0.4) is 0 Å². The van der Waals surface area contributed by atoms with Gasteiger partial charge in [-0.15, -0.1) is 0 Å². The largest absolute Gasteiger partial charge is 0.316 e. The Morgan fingerprint density at radius 1 is 0.929 bits per heavy atom. The summed E-state index contributed by atoms with van der Waals surface area (Å²) in [5, 5.41) is 3.56. The van der Waals surface area contributed by atoms with Crippen molar-refractivity contribution in [1.82, 2.24) is 5.32 Å². The van der Waals surface area contributed by atoms with E-state index in [-0.39, 0.29) is 0 Å². The van der Waals surface area contributed by atoms with Gasteiger partial charge in [-0.3, -0.25) is 0 Å². The SMILES string of the molecule is CC1CCC(C2CCCNC2)CC1C. The van der Waals surface area contributed by atoms with Crippen molar-refractivity contribution in [3.63, 3.8) is 0 Å². The van der Waals surface area contributed by atoms with Crippen LogP contribution in [0, 0.1) is 23.7 Å². The Morgan fingerprint density at radius 2 is 1.79 bits per heavy atom. The van der Waals surface area contributed by atoms with Gasteiger partial charge in [-0.05, 0) is 62.4 Å². The van der Waals surface area contributed by atoms with Gasteiger partial charge in [-0.2, -0.15) is 0 Å². The Balaban J connectivity index is 1.85. The zero-order valence-corrected chi connectivity index (χ0v) is 9.76. The van der Waals surface area contributed by atoms with Crippen LogP contribution in [-0.4, -0.2) is 13.1 Å². The van der Waals surface area contributed by atoms with Crippen LogP contribution in [0.2, 0.25) is 0 Å². The highest BCUT2D eigenvalue weighted by atomic mass is 14.9. The summed E-state index contributed by atoms with van der Waals surface area (Å²) in [6, 6.07) is 0. The van der Waals surface area contributed by atoms with Gasteiger partial charge in [0.1, 0.15) is 0 Å². The standard InChI is InChI=1S/C13H25N/c1-10-5-6-12(8-11(10)2)13-4-3-7-14-9-13/h10-14H,3-9H2,1-2H3. The van der Waals surface area contributed by atoms with Crippen LogP contribution < -0.4 is 5.32 Å². The summed E-state index contributed by atoms with van der Waals surface area (Å²) in [7, 11) is 0. The zero-order valence-electron chi connectivity index (χ0n) is 9.76. The van der Waals surface area contributed by atoms with Crippen molar-refractivity contribution in [2.75, 3.05) is 13.1 Å². The molecule has 0 aromatic rings. The van der Waals surface area contributed by atoms with E-state index in [2.05, 4.69) is 19.2 Å². The molecule has 0 aromatic heterocycles. The van der Waals surface area contributed by atoms with Crippen molar-refractivity contribution in [2.45, 2.75) is 46.0 Å². The third-order valence-electron chi connectivity index (χ3n) is 4.64. The number of nitrogens with one attached hydrogen (secondary N) is 1. The second kappa shape index (κ2) is 4.65. The van der Waals surface area contributed by atoms with E-state index in [1.165, 1.54) is 45.2 Å². The number of hydrogen-bond donors (Lipinski definition) is 1. The fourth-order valence-corrected chi connectivity index (χ4v) is 3.30. The summed E-state index contributed by atoms with van der Waals surface area (Å²) in [6.07, 6.45) is 7.36. The molecule has 4 unspecified atom stereocenters. The molecule has 1 heteroatoms. The lowest BCUT2D eigenvalue weighted by atomic mass is 9.70. The van der Waals surface area contributed by atoms with E-state index < -0.39 is 0 Å². The summed E-state index contributed by atoms with van der Waals surface area (Å²) in [4.78, 5) is 0. The minimum absolute atomic E-state index is 0.968. The molecule has 82 valence electrons. The van der Waals surface area contributed by atoms with Crippen LogP contribution in [0.1, 0.15) is 46.0 Å². The quantitative estimate of drug-likeness (QED) is 0.678. The van der Waals surface area contributed by atoms with E-state index >= 15 is 0 Å². The van der Waals surface area contributed by atoms with Gasteiger partial charge >= 0.3 is 0 Å². The molecule has 0 aromatic carbocycles. The number of piperidine rings is 1. The van der Waals surface area contributed by atoms with Gasteiger partial charge in [0.2, 0.25) is 0 Å². The van der Waals surface area contributed by atoms with Gasteiger partial charge < -0.3 is 5.32 Å². The Morgan fingerprint density at radius 3 is 2.43 bits per heavy atom. The van der Waals surface area contributed by atoms with Crippen molar-refractivity contribution in [3.8, 4) is 0 Å². The molecule has 0 amide bonds. The summed E-state index contributed by atoms with van der Waals surface area (Å²) in [5.74, 6) is 3.98. The Hall–Kier alpha value is -0.0400. The maximum Gasteiger partial charge on any atom is -0.00179 e. The number of rotatable bonds is 1. The maximum absolute atomic E-state index is 3.56. The molecule has 2 fully saturated rings. The molecule has 1 saturated carbocycles. The predicted octanol–water partition coefficient (Wildman–Crippen LogP) is 3.06. The lowest BCUT2D eigenvalue weighted by Gasteiger charge is -2.38. The highest BCUT2D eigenvalue weighted by Crippen LogP contribution is 2.38. The molecule has 1 nitrogen and oxygen atoms in total. The Labute approximate surface area is 88.7 Å². The first kappa shape index (κ1) is 10.5. The molecule has 1 heterocycles. The molecule has 0 bridgehead atoms. The van der Waals surface area contributed by atoms with Gasteiger partial charge in [-0.25, -0.2) is 0 Å². The minimum Gasteiger partial charge on any atom is -0.316 e. The number of hydrogen-bond acceptors (Lipinski definition) is 1. The highest BCUT2D eigenvalue weighted by Gasteiger charge is 2.30. The Bertz CT molecular complexity index is 172. The van der Waals surface area contributed by atoms with Crippen LogP contribution in [0.4, 0.5) is 0 Å². The molecule has 1 saturated heterocycles. The van der Waals surface area contributed by atoms with Crippen molar-refractivity contribution < 1.29 is 0 Å². The molecule has 1 aliphatic carbocycles. The molecule has 0 radical (unpaired) electrons. The second-order valence-electron chi connectivity index (χ2n) is 5.63. The van der Waals surface area contributed by atoms with E-state index in [9.17, 15) is 0 Å². The van der Waals surface area contributed by atoms with Crippen molar-refractivity contribution in [2.24, 2.45) is 23.7 Å². The summed E-state index contributed by atoms with van der Waals surface area (Å²) < 4.78 is 0. The van der Waals surface area contributed by atoms with Crippen LogP contribution in [0.25, 0.3) is 0 Å². The smallest absolute Gasteiger partial charge is 0.00179 e. The summed E-state index contributed by atoms with van der Waals surface area (Å²) in [6.45, 7) is 7.44. The van der Waals surface area contributed by atoms with Gasteiger partial charge in [0, 0.05) is 0 Å². The maximum atomic E-state index is 3.56. The molecule has 0 spiro atoms. The fourth-order valence-electron chi connectivity index (χ4n) is 3.30. The van der Waals surface area contributed by atoms with Crippen LogP contribution in [-0.2, 0) is 0 Å². The van der Waals surface area contributed by atoms with E-state index in [4.69, 9.17) is 0 Å². The van der Waals surface area contributed by atoms with Gasteiger partial charge in [0.05, 0.1) is 0 Å². The van der Waals surface area contributed by atoms with Crippen molar-refractivity contribution in [3.05, 3.63) is 0 Å². The molecule has 14 heavy (non-hydrogen) atoms. The third-order valence-corrected chi connectivity index (χ3v) is 4.64. The lowest BCUT2D eigenvalue weighted by Crippen LogP contribution is -2.36. The molecular weight excluding hydrogens is 170 g/mol. The topological polar surface area (TPSA) is 12.0 Å². The third kappa shape index (κ3) is 2.31. The average Bonchev–Trinajstić information content (AvgIpc) is 2.23. The monoisotopic (exact) mass is 195 g/mol. The molecule has 4 atom stereocenters. The van der Waals surface area contributed by atoms with Crippen LogP contribution in [0.5, 0.6) is 0 Å². The molecule has 1 aliphatic heterocycles. The molecule has 2 rings (SSSR count). The molecular formula is C13H25N. The van der Waals surface area contributed by atoms with Gasteiger partial charge in [0.15, 0.2) is 0 Å². The average molecular weight is 195 g/mol. The van der Waals surface area contributed by atoms with E-state index in [1.807, 2.05) is 0 Å². The van der Waals surface area contributed by atoms with Gasteiger partial charge in [0.25, 0.3) is 0 Å². The van der Waals surface area contributed by atoms with Crippen LogP contribution >= 0.6 is 0 Å². The summed E-state index contributed by atoms with van der Waals surface area (Å²) in [5.41, 5.74) is 0. The van der Waals surface area contributed by atoms with Gasteiger partial charge in [-0.1, -0.05) is 20.3 Å². The summed E-state index contributed by atoms with van der Waals surface area (Å²) >= 11 is 0.